The Balaban J connectivity index is 1.42. The summed E-state index contributed by atoms with van der Waals surface area (Å²) < 4.78 is 88.6. The van der Waals surface area contributed by atoms with Crippen LogP contribution in [0.4, 0.5) is 51.2 Å². The topological polar surface area (TPSA) is 309 Å². The van der Waals surface area contributed by atoms with Crippen molar-refractivity contribution < 1.29 is 45.3 Å². The van der Waals surface area contributed by atoms with Gasteiger partial charge in [0.2, 0.25) is 0 Å². The average Bonchev–Trinajstić information content (AvgIpc) is 3.26. The lowest BCUT2D eigenvalue weighted by molar-refractivity contribution is 0.318. The first kappa shape index (κ1) is 46.3. The van der Waals surface area contributed by atoms with E-state index < -0.39 is 52.8 Å². The molecule has 0 bridgehead atoms. The quantitative estimate of drug-likeness (QED) is 0.0266. The molecule has 6 aromatic rings. The van der Waals surface area contributed by atoms with Crippen LogP contribution < -0.4 is 31.4 Å². The smallest absolute Gasteiger partial charge is 0.296 e. The molecule has 0 aliphatic heterocycles. The number of rotatable bonds is 18. The maximum atomic E-state index is 12.7. The van der Waals surface area contributed by atoms with Crippen LogP contribution in [-0.2, 0) is 20.2 Å². The van der Waals surface area contributed by atoms with E-state index >= 15 is 0 Å². The van der Waals surface area contributed by atoms with Crippen LogP contribution in [0.1, 0.15) is 40.0 Å². The number of aromatic hydroxyl groups is 1. The molecule has 0 aromatic heterocycles. The molecule has 0 heterocycles. The lowest BCUT2D eigenvalue weighted by Crippen LogP contribution is -2.03. The van der Waals surface area contributed by atoms with Gasteiger partial charge in [-0.25, -0.2) is 0 Å². The summed E-state index contributed by atoms with van der Waals surface area (Å²) in [4.78, 5) is -1.79. The molecule has 6 rings (SSSR count). The van der Waals surface area contributed by atoms with Crippen LogP contribution in [0.2, 0.25) is 0 Å². The van der Waals surface area contributed by atoms with Crippen LogP contribution in [0.3, 0.4) is 0 Å². The van der Waals surface area contributed by atoms with Crippen molar-refractivity contribution in [2.24, 2.45) is 30.7 Å². The Morgan fingerprint density at radius 1 is 0.531 bits per heavy atom. The zero-order chi connectivity index (χ0) is 46.2. The summed E-state index contributed by atoms with van der Waals surface area (Å²) >= 11 is 0. The molecule has 0 fully saturated rings. The van der Waals surface area contributed by atoms with Gasteiger partial charge >= 0.3 is 0 Å². The molecular weight excluding hydrogens is 867 g/mol. The Hall–Kier alpha value is -7.20. The van der Waals surface area contributed by atoms with E-state index in [1.165, 1.54) is 0 Å². The van der Waals surface area contributed by atoms with Crippen LogP contribution in [0, 0.1) is 0 Å². The summed E-state index contributed by atoms with van der Waals surface area (Å²) in [5.41, 5.74) is 20.1. The van der Waals surface area contributed by atoms with E-state index in [4.69, 9.17) is 31.4 Å². The molecule has 21 heteroatoms. The maximum absolute atomic E-state index is 12.7. The highest BCUT2D eigenvalue weighted by molar-refractivity contribution is 7.86. The van der Waals surface area contributed by atoms with E-state index in [-0.39, 0.29) is 34.5 Å². The molecule has 0 aliphatic carbocycles. The second-order valence-corrected chi connectivity index (χ2v) is 16.8. The number of anilines is 3. The maximum Gasteiger partial charge on any atom is 0.296 e. The molecular formula is C43H45N9O10S2. The molecule has 0 unspecified atom stereocenters. The molecule has 334 valence electrons. The fraction of sp³-hybridized carbons (Fsp3) is 0.209. The molecule has 0 amide bonds. The highest BCUT2D eigenvalue weighted by Crippen LogP contribution is 2.49. The van der Waals surface area contributed by atoms with Crippen LogP contribution in [0.5, 0.6) is 23.0 Å². The fourth-order valence-corrected chi connectivity index (χ4v) is 7.48. The molecule has 0 radical (unpaired) electrons. The number of azo groups is 3. The second-order valence-electron chi connectivity index (χ2n) is 14.1. The largest absolute Gasteiger partial charge is 0.505 e. The van der Waals surface area contributed by atoms with Crippen molar-refractivity contribution in [2.45, 2.75) is 49.8 Å². The van der Waals surface area contributed by atoms with Gasteiger partial charge in [0.1, 0.15) is 55.5 Å². The van der Waals surface area contributed by atoms with Crippen molar-refractivity contribution in [3.63, 3.8) is 0 Å². The zero-order valence-corrected chi connectivity index (χ0v) is 36.5. The summed E-state index contributed by atoms with van der Waals surface area (Å²) in [6.45, 7) is 6.95. The van der Waals surface area contributed by atoms with E-state index in [0.717, 1.165) is 18.6 Å². The summed E-state index contributed by atoms with van der Waals surface area (Å²) in [6.07, 6.45) is 2.11. The first-order valence-electron chi connectivity index (χ1n) is 19.8. The number of nitrogens with zero attached hydrogens (tertiary/aromatic N) is 6. The predicted molar refractivity (Wildman–Crippen MR) is 243 cm³/mol. The third-order valence-electron chi connectivity index (χ3n) is 9.21. The van der Waals surface area contributed by atoms with E-state index in [2.05, 4.69) is 30.7 Å². The third kappa shape index (κ3) is 10.7. The van der Waals surface area contributed by atoms with Crippen LogP contribution in [0.15, 0.2) is 131 Å². The lowest BCUT2D eigenvalue weighted by Gasteiger charge is -2.14. The van der Waals surface area contributed by atoms with Crippen molar-refractivity contribution >= 4 is 82.2 Å². The van der Waals surface area contributed by atoms with Gasteiger partial charge in [0, 0.05) is 6.07 Å². The Labute approximate surface area is 368 Å². The number of hydrogen-bond acceptors (Lipinski definition) is 17. The normalized spacial score (nSPS) is 12.2. The van der Waals surface area contributed by atoms with Crippen molar-refractivity contribution in [2.75, 3.05) is 37.0 Å². The standard InChI is InChI=1S/C43H45N9O10S2/c1-4-16-60-34-24-33(29(44)23-30(34)45)50-48-31-14-12-25(19-35(31)61-17-5-2)26-13-15-32(36(20-26)62-18-6-3)49-51-41-37(63(54,55)56)21-27-22-38(64(57,58)59)42(43(53)39(27)40(41)46)52-47-28-10-8-7-9-11-28/h7-15,19-24,53H,4-6,16-18,44-46H2,1-3H3,(H,54,55,56)(H,57,58,59). The number of hydrogen-bond donors (Lipinski definition) is 6. The molecule has 0 aliphatic rings. The van der Waals surface area contributed by atoms with E-state index in [9.17, 15) is 31.0 Å². The number of phenolic OH excluding ortho intramolecular Hbond substituents is 1. The highest BCUT2D eigenvalue weighted by Gasteiger charge is 2.28. The summed E-state index contributed by atoms with van der Waals surface area (Å²) in [7, 11) is -10.2. The molecule has 9 N–H and O–H groups in total. The van der Waals surface area contributed by atoms with Crippen LogP contribution >= 0.6 is 0 Å². The number of benzene rings is 6. The van der Waals surface area contributed by atoms with Gasteiger partial charge in [-0.1, -0.05) is 51.1 Å². The molecule has 64 heavy (non-hydrogen) atoms. The van der Waals surface area contributed by atoms with Gasteiger partial charge in [-0.05, 0) is 90.4 Å². The summed E-state index contributed by atoms with van der Waals surface area (Å²) in [5, 5.41) is 35.8. The van der Waals surface area contributed by atoms with Crippen molar-refractivity contribution in [3.8, 4) is 34.1 Å². The Morgan fingerprint density at radius 3 is 1.55 bits per heavy atom. The Morgan fingerprint density at radius 2 is 1.02 bits per heavy atom. The van der Waals surface area contributed by atoms with Gasteiger partial charge in [-0.3, -0.25) is 9.11 Å². The van der Waals surface area contributed by atoms with Gasteiger partial charge in [0.25, 0.3) is 20.2 Å². The first-order valence-corrected chi connectivity index (χ1v) is 22.6. The molecule has 19 nitrogen and oxygen atoms in total. The number of nitrogens with two attached hydrogens (primary N) is 3. The van der Waals surface area contributed by atoms with E-state index in [1.807, 2.05) is 20.8 Å². The number of ether oxygens (including phenoxy) is 3. The van der Waals surface area contributed by atoms with Gasteiger partial charge in [-0.15, -0.1) is 25.6 Å². The van der Waals surface area contributed by atoms with Crippen molar-refractivity contribution in [3.05, 3.63) is 91.0 Å². The summed E-state index contributed by atoms with van der Waals surface area (Å²) in [6, 6.07) is 23.2. The number of nitrogen functional groups attached to an aromatic ring is 3. The minimum absolute atomic E-state index is 0.123. The van der Waals surface area contributed by atoms with Crippen molar-refractivity contribution in [1.82, 2.24) is 0 Å². The van der Waals surface area contributed by atoms with Crippen molar-refractivity contribution in [1.29, 1.82) is 0 Å². The lowest BCUT2D eigenvalue weighted by atomic mass is 10.0. The van der Waals surface area contributed by atoms with E-state index in [0.29, 0.717) is 71.4 Å². The molecule has 6 aromatic carbocycles. The minimum atomic E-state index is -5.12. The molecule has 0 spiro atoms. The Kier molecular flexibility index (Phi) is 14.4. The van der Waals surface area contributed by atoms with Gasteiger partial charge in [0.05, 0.1) is 48.0 Å². The number of phenols is 1. The van der Waals surface area contributed by atoms with Gasteiger partial charge in [-0.2, -0.15) is 21.9 Å². The first-order chi connectivity index (χ1) is 30.5. The third-order valence-corrected chi connectivity index (χ3v) is 10.9. The van der Waals surface area contributed by atoms with Crippen LogP contribution in [0.25, 0.3) is 21.9 Å². The minimum Gasteiger partial charge on any atom is -0.505 e. The fourth-order valence-electron chi connectivity index (χ4n) is 6.15. The van der Waals surface area contributed by atoms with E-state index in [1.54, 1.807) is 78.9 Å². The van der Waals surface area contributed by atoms with Gasteiger partial charge < -0.3 is 36.5 Å². The second kappa shape index (κ2) is 19.9. The monoisotopic (exact) mass is 911 g/mol. The predicted octanol–water partition coefficient (Wildman–Crippen LogP) is 11.1. The zero-order valence-electron chi connectivity index (χ0n) is 34.8. The molecule has 0 saturated carbocycles. The molecule has 0 atom stereocenters. The summed E-state index contributed by atoms with van der Waals surface area (Å²) in [5.74, 6) is 0.229. The average molecular weight is 912 g/mol. The van der Waals surface area contributed by atoms with Crippen LogP contribution in [-0.4, -0.2) is 50.9 Å². The Bertz CT molecular complexity index is 3020. The highest BCUT2D eigenvalue weighted by atomic mass is 32.2. The SMILES string of the molecule is CCCOc1cc(N=Nc2ccc(-c3ccc(N=Nc4c(S(=O)(=O)O)cc5cc(S(=O)(=O)O)c(N=Nc6ccccc6)c(O)c5c4N)c(OCCC)c3)cc2OCCC)c(N)cc1N. The van der Waals surface area contributed by atoms with Gasteiger partial charge in [0.15, 0.2) is 5.75 Å². The molecule has 0 saturated heterocycles. The number of fused-ring (bicyclic) bond motifs is 1.